The maximum absolute atomic E-state index is 11.7. The third-order valence-electron chi connectivity index (χ3n) is 3.76. The van der Waals surface area contributed by atoms with Crippen molar-refractivity contribution in [1.29, 1.82) is 0 Å². The van der Waals surface area contributed by atoms with Crippen LogP contribution in [0, 0.1) is 5.92 Å². The number of piperidine rings is 1. The Morgan fingerprint density at radius 2 is 2.21 bits per heavy atom. The summed E-state index contributed by atoms with van der Waals surface area (Å²) in [5.74, 6) is 0.191. The minimum Gasteiger partial charge on any atom is -0.323 e. The summed E-state index contributed by atoms with van der Waals surface area (Å²) < 4.78 is 0. The van der Waals surface area contributed by atoms with Crippen LogP contribution in [0.2, 0.25) is 0 Å². The van der Waals surface area contributed by atoms with E-state index in [2.05, 4.69) is 15.5 Å². The first-order chi connectivity index (χ1) is 6.71. The van der Waals surface area contributed by atoms with Gasteiger partial charge in [-0.05, 0) is 19.4 Å². The molecule has 1 spiro atoms. The van der Waals surface area contributed by atoms with Crippen LogP contribution in [0.1, 0.15) is 12.8 Å². The van der Waals surface area contributed by atoms with Crippen LogP contribution in [-0.2, 0) is 4.79 Å². The van der Waals surface area contributed by atoms with Gasteiger partial charge in [0.1, 0.15) is 5.54 Å². The molecule has 0 aromatic carbocycles. The van der Waals surface area contributed by atoms with Gasteiger partial charge in [-0.25, -0.2) is 4.79 Å². The molecular weight excluding hydrogens is 182 g/mol. The summed E-state index contributed by atoms with van der Waals surface area (Å²) in [5.41, 5.74) is -0.579. The molecule has 2 N–H and O–H groups in total. The highest BCUT2D eigenvalue weighted by molar-refractivity contribution is 6.07. The number of hydrogen-bond acceptors (Lipinski definition) is 3. The lowest BCUT2D eigenvalue weighted by Crippen LogP contribution is -2.57. The van der Waals surface area contributed by atoms with Gasteiger partial charge in [0.15, 0.2) is 0 Å². The Morgan fingerprint density at radius 3 is 2.93 bits per heavy atom. The Kier molecular flexibility index (Phi) is 1.45. The Labute approximate surface area is 81.8 Å². The van der Waals surface area contributed by atoms with E-state index in [9.17, 15) is 9.59 Å². The smallest absolute Gasteiger partial charge is 0.322 e. The van der Waals surface area contributed by atoms with Crippen molar-refractivity contribution in [2.45, 2.75) is 18.4 Å². The van der Waals surface area contributed by atoms with Crippen molar-refractivity contribution >= 4 is 11.9 Å². The molecule has 3 saturated heterocycles. The molecule has 2 bridgehead atoms. The number of rotatable bonds is 0. The van der Waals surface area contributed by atoms with Gasteiger partial charge >= 0.3 is 6.03 Å². The second-order valence-electron chi connectivity index (χ2n) is 4.42. The van der Waals surface area contributed by atoms with E-state index in [1.54, 1.807) is 0 Å². The minimum atomic E-state index is -0.579. The fraction of sp³-hybridized carbons (Fsp3) is 0.778. The average Bonchev–Trinajstić information content (AvgIpc) is 2.65. The van der Waals surface area contributed by atoms with Gasteiger partial charge in [-0.2, -0.15) is 0 Å². The van der Waals surface area contributed by atoms with Crippen LogP contribution in [0.15, 0.2) is 0 Å². The number of carbonyl (C=O) groups excluding carboxylic acids is 2. The maximum atomic E-state index is 11.7. The van der Waals surface area contributed by atoms with E-state index >= 15 is 0 Å². The van der Waals surface area contributed by atoms with E-state index in [0.29, 0.717) is 5.92 Å². The fourth-order valence-corrected chi connectivity index (χ4v) is 2.95. The third-order valence-corrected chi connectivity index (χ3v) is 3.76. The van der Waals surface area contributed by atoms with E-state index in [1.165, 1.54) is 0 Å². The van der Waals surface area contributed by atoms with Crippen LogP contribution in [0.3, 0.4) is 0 Å². The Bertz CT molecular complexity index is 317. The topological polar surface area (TPSA) is 61.4 Å². The summed E-state index contributed by atoms with van der Waals surface area (Å²) in [4.78, 5) is 25.2. The molecular formula is C9H13N3O2. The third kappa shape index (κ3) is 0.877. The molecule has 3 fully saturated rings. The SMILES string of the molecule is O=C1NC(=O)C2(CCN3CCC2C3)N1. The van der Waals surface area contributed by atoms with Crippen LogP contribution < -0.4 is 10.6 Å². The van der Waals surface area contributed by atoms with Gasteiger partial charge in [-0.1, -0.05) is 0 Å². The highest BCUT2D eigenvalue weighted by atomic mass is 16.2. The standard InChI is InChI=1S/C9H13N3O2/c13-7-9(11-8(14)10-7)2-4-12-3-1-6(9)5-12/h6H,1-5H2,(H2,10,11,13,14). The second kappa shape index (κ2) is 2.48. The summed E-state index contributed by atoms with van der Waals surface area (Å²) in [6, 6.07) is -0.324. The first-order valence-corrected chi connectivity index (χ1v) is 5.07. The zero-order valence-corrected chi connectivity index (χ0v) is 7.88. The molecule has 3 aliphatic heterocycles. The van der Waals surface area contributed by atoms with Gasteiger partial charge in [-0.15, -0.1) is 0 Å². The monoisotopic (exact) mass is 195 g/mol. The summed E-state index contributed by atoms with van der Waals surface area (Å²) in [7, 11) is 0. The lowest BCUT2D eigenvalue weighted by atomic mass is 9.79. The van der Waals surface area contributed by atoms with Crippen molar-refractivity contribution in [3.63, 3.8) is 0 Å². The van der Waals surface area contributed by atoms with Crippen LogP contribution >= 0.6 is 0 Å². The van der Waals surface area contributed by atoms with Crippen molar-refractivity contribution in [1.82, 2.24) is 15.5 Å². The van der Waals surface area contributed by atoms with Crippen LogP contribution in [0.25, 0.3) is 0 Å². The molecule has 0 saturated carbocycles. The Hall–Kier alpha value is -1.10. The van der Waals surface area contributed by atoms with Gasteiger partial charge in [-0.3, -0.25) is 10.1 Å². The van der Waals surface area contributed by atoms with Crippen molar-refractivity contribution in [2.75, 3.05) is 19.6 Å². The zero-order chi connectivity index (χ0) is 9.76. The number of carbonyl (C=O) groups is 2. The first-order valence-electron chi connectivity index (χ1n) is 5.07. The number of fused-ring (bicyclic) bond motifs is 3. The first kappa shape index (κ1) is 8.23. The minimum absolute atomic E-state index is 0.117. The highest BCUT2D eigenvalue weighted by Crippen LogP contribution is 2.37. The van der Waals surface area contributed by atoms with Gasteiger partial charge in [0.2, 0.25) is 0 Å². The molecule has 3 aliphatic rings. The number of amides is 3. The molecule has 5 heteroatoms. The molecule has 14 heavy (non-hydrogen) atoms. The molecule has 3 atom stereocenters. The van der Waals surface area contributed by atoms with Gasteiger partial charge in [0.05, 0.1) is 0 Å². The summed E-state index contributed by atoms with van der Waals surface area (Å²) in [6.45, 7) is 2.94. The molecule has 0 aromatic heterocycles. The van der Waals surface area contributed by atoms with Crippen molar-refractivity contribution in [3.8, 4) is 0 Å². The number of nitrogens with one attached hydrogen (secondary N) is 2. The van der Waals surface area contributed by atoms with Crippen molar-refractivity contribution in [3.05, 3.63) is 0 Å². The van der Waals surface area contributed by atoms with Crippen LogP contribution in [-0.4, -0.2) is 42.0 Å². The fourth-order valence-electron chi connectivity index (χ4n) is 2.95. The van der Waals surface area contributed by atoms with E-state index < -0.39 is 5.54 Å². The summed E-state index contributed by atoms with van der Waals surface area (Å²) in [6.07, 6.45) is 1.78. The predicted octanol–water partition coefficient (Wildman–Crippen LogP) is -0.710. The number of hydrogen-bond donors (Lipinski definition) is 2. The van der Waals surface area contributed by atoms with Gasteiger partial charge in [0, 0.05) is 19.0 Å². The number of imide groups is 1. The molecule has 3 rings (SSSR count). The molecule has 3 unspecified atom stereocenters. The molecule has 76 valence electrons. The molecule has 0 radical (unpaired) electrons. The molecule has 3 amide bonds. The zero-order valence-electron chi connectivity index (χ0n) is 7.88. The Balaban J connectivity index is 1.95. The lowest BCUT2D eigenvalue weighted by Gasteiger charge is -2.37. The number of urea groups is 1. The normalized spacial score (nSPS) is 45.4. The number of nitrogens with zero attached hydrogens (tertiary/aromatic N) is 1. The van der Waals surface area contributed by atoms with Crippen molar-refractivity contribution in [2.24, 2.45) is 5.92 Å². The lowest BCUT2D eigenvalue weighted by molar-refractivity contribution is -0.126. The van der Waals surface area contributed by atoms with Crippen LogP contribution in [0.4, 0.5) is 4.79 Å². The largest absolute Gasteiger partial charge is 0.323 e. The summed E-state index contributed by atoms with van der Waals surface area (Å²) >= 11 is 0. The van der Waals surface area contributed by atoms with Crippen molar-refractivity contribution < 1.29 is 9.59 Å². The average molecular weight is 195 g/mol. The molecule has 0 aliphatic carbocycles. The second-order valence-corrected chi connectivity index (χ2v) is 4.42. The van der Waals surface area contributed by atoms with E-state index in [1.807, 2.05) is 0 Å². The van der Waals surface area contributed by atoms with E-state index in [0.717, 1.165) is 32.5 Å². The molecule has 5 nitrogen and oxygen atoms in total. The van der Waals surface area contributed by atoms with E-state index in [-0.39, 0.29) is 11.9 Å². The Morgan fingerprint density at radius 1 is 1.36 bits per heavy atom. The summed E-state index contributed by atoms with van der Waals surface area (Å²) in [5, 5.41) is 5.17. The maximum Gasteiger partial charge on any atom is 0.322 e. The van der Waals surface area contributed by atoms with Crippen LogP contribution in [0.5, 0.6) is 0 Å². The van der Waals surface area contributed by atoms with E-state index in [4.69, 9.17) is 0 Å². The highest BCUT2D eigenvalue weighted by Gasteiger charge is 2.55. The quantitative estimate of drug-likeness (QED) is 0.502. The predicted molar refractivity (Wildman–Crippen MR) is 48.6 cm³/mol. The van der Waals surface area contributed by atoms with Gasteiger partial charge in [0.25, 0.3) is 5.91 Å². The molecule has 0 aromatic rings. The van der Waals surface area contributed by atoms with Gasteiger partial charge < -0.3 is 10.2 Å². The molecule has 3 heterocycles.